The highest BCUT2D eigenvalue weighted by Crippen LogP contribution is 2.60. The van der Waals surface area contributed by atoms with Crippen LogP contribution in [0.1, 0.15) is 15.9 Å². The number of benzene rings is 2. The minimum atomic E-state index is -1.52. The van der Waals surface area contributed by atoms with Gasteiger partial charge in [0.25, 0.3) is 5.72 Å². The molecule has 1 atom stereocenters. The summed E-state index contributed by atoms with van der Waals surface area (Å²) in [6.07, 6.45) is 0. The summed E-state index contributed by atoms with van der Waals surface area (Å²) in [4.78, 5) is 18.2. The first kappa shape index (κ1) is 13.8. The number of Topliss-reactive ketones (excluding diaryl/α,β-unsaturated/α-hetero) is 1. The van der Waals surface area contributed by atoms with Gasteiger partial charge >= 0.3 is 0 Å². The molecule has 0 unspecified atom stereocenters. The average molecular weight is 338 g/mol. The highest BCUT2D eigenvalue weighted by molar-refractivity contribution is 6.36. The number of hydroxylamine groups is 1. The lowest BCUT2D eigenvalue weighted by molar-refractivity contribution is 0.0871. The molecule has 0 amide bonds. The maximum absolute atomic E-state index is 12.7. The van der Waals surface area contributed by atoms with E-state index >= 15 is 0 Å². The second-order valence-corrected chi connectivity index (χ2v) is 5.77. The molecule has 0 saturated carbocycles. The summed E-state index contributed by atoms with van der Waals surface area (Å²) < 4.78 is 0. The van der Waals surface area contributed by atoms with Crippen molar-refractivity contribution in [2.45, 2.75) is 5.72 Å². The maximum Gasteiger partial charge on any atom is 0.282 e. The Kier molecular flexibility index (Phi) is 2.73. The van der Waals surface area contributed by atoms with Gasteiger partial charge < -0.3 is 10.4 Å². The van der Waals surface area contributed by atoms with Crippen molar-refractivity contribution < 1.29 is 14.8 Å². The standard InChI is InChI=1S/C14H7Cl2N2O4/c15-7-5-9(16)12(11(6-7)18(20)21)14-13(19)8-3-1-2-4-10(8)17(14)22-14/h1-6,20H/q-1/t14-,17?/m0/s1. The fraction of sp³-hybridized carbons (Fsp3) is 0.0714. The molecule has 4 rings (SSSR count). The second kappa shape index (κ2) is 4.34. The first-order valence-electron chi connectivity index (χ1n) is 6.25. The summed E-state index contributed by atoms with van der Waals surface area (Å²) in [6.45, 7) is 0. The number of ketones is 1. The molecule has 1 fully saturated rings. The molecule has 22 heavy (non-hydrogen) atoms. The van der Waals surface area contributed by atoms with Crippen molar-refractivity contribution in [3.8, 4) is 0 Å². The third kappa shape index (κ3) is 1.58. The van der Waals surface area contributed by atoms with Crippen molar-refractivity contribution in [1.29, 1.82) is 0 Å². The maximum atomic E-state index is 12.7. The molecule has 8 heteroatoms. The molecule has 1 saturated heterocycles. The molecule has 112 valence electrons. The molecular weight excluding hydrogens is 331 g/mol. The molecule has 0 radical (unpaired) electrons. The van der Waals surface area contributed by atoms with Crippen LogP contribution in [0.25, 0.3) is 0 Å². The van der Waals surface area contributed by atoms with Crippen LogP contribution in [0.5, 0.6) is 0 Å². The average Bonchev–Trinajstić information content (AvgIpc) is 3.16. The molecule has 0 bridgehead atoms. The lowest BCUT2D eigenvalue weighted by atomic mass is 9.97. The largest absolute Gasteiger partial charge is 0.733 e. The number of rotatable bonds is 2. The Morgan fingerprint density at radius 1 is 1.27 bits per heavy atom. The number of hydrogen-bond donors (Lipinski definition) is 1. The zero-order valence-electron chi connectivity index (χ0n) is 10.8. The molecule has 2 aliphatic rings. The Balaban J connectivity index is 1.95. The third-order valence-corrected chi connectivity index (χ3v) is 4.25. The third-order valence-electron chi connectivity index (χ3n) is 3.73. The van der Waals surface area contributed by atoms with E-state index in [1.807, 2.05) is 0 Å². The molecule has 0 aliphatic carbocycles. The number of carbonyl (C=O) groups excluding carboxylic acids is 1. The highest BCUT2D eigenvalue weighted by atomic mass is 35.5. The molecule has 0 aromatic heterocycles. The number of fused-ring (bicyclic) bond motifs is 3. The molecule has 0 spiro atoms. The van der Waals surface area contributed by atoms with E-state index in [2.05, 4.69) is 0 Å². The zero-order valence-corrected chi connectivity index (χ0v) is 12.3. The molecule has 6 nitrogen and oxygen atoms in total. The summed E-state index contributed by atoms with van der Waals surface area (Å²) in [6, 6.07) is 9.48. The normalized spacial score (nSPS) is 21.6. The van der Waals surface area contributed by atoms with Crippen molar-refractivity contribution in [3.63, 3.8) is 0 Å². The van der Waals surface area contributed by atoms with E-state index in [1.165, 1.54) is 17.2 Å². The van der Waals surface area contributed by atoms with Crippen LogP contribution in [-0.2, 0) is 10.6 Å². The van der Waals surface area contributed by atoms with Gasteiger partial charge in [-0.3, -0.25) is 10.0 Å². The molecule has 2 aromatic carbocycles. The second-order valence-electron chi connectivity index (χ2n) is 4.93. The van der Waals surface area contributed by atoms with Gasteiger partial charge in [-0.1, -0.05) is 35.3 Å². The fourth-order valence-corrected chi connectivity index (χ4v) is 3.41. The van der Waals surface area contributed by atoms with Gasteiger partial charge in [-0.25, -0.2) is 9.90 Å². The monoisotopic (exact) mass is 337 g/mol. The Morgan fingerprint density at radius 2 is 2.00 bits per heavy atom. The molecule has 1 N–H and O–H groups in total. The van der Waals surface area contributed by atoms with Crippen molar-refractivity contribution in [2.24, 2.45) is 0 Å². The molecule has 2 aromatic rings. The van der Waals surface area contributed by atoms with E-state index in [9.17, 15) is 15.2 Å². The first-order chi connectivity index (χ1) is 10.5. The fourth-order valence-electron chi connectivity index (χ4n) is 2.80. The van der Waals surface area contributed by atoms with Crippen LogP contribution in [0.15, 0.2) is 36.4 Å². The van der Waals surface area contributed by atoms with Crippen molar-refractivity contribution in [2.75, 3.05) is 10.3 Å². The van der Waals surface area contributed by atoms with Crippen molar-refractivity contribution in [1.82, 2.24) is 0 Å². The lowest BCUT2D eigenvalue weighted by Gasteiger charge is -2.26. The SMILES string of the molecule is O=C1c2ccccc2N2O[C@@]12c1c(Cl)cc(Cl)cc1N([O-])O. The number of halogens is 2. The van der Waals surface area contributed by atoms with Gasteiger partial charge in [0, 0.05) is 10.6 Å². The Morgan fingerprint density at radius 3 is 2.68 bits per heavy atom. The molecule has 2 heterocycles. The first-order valence-corrected chi connectivity index (χ1v) is 7.01. The minimum Gasteiger partial charge on any atom is -0.733 e. The van der Waals surface area contributed by atoms with Crippen molar-refractivity contribution in [3.05, 3.63) is 62.8 Å². The van der Waals surface area contributed by atoms with Gasteiger partial charge in [0.1, 0.15) is 0 Å². The number of carbonyl (C=O) groups is 1. The number of hydrogen-bond acceptors (Lipinski definition) is 6. The van der Waals surface area contributed by atoms with Crippen LogP contribution in [0.4, 0.5) is 11.4 Å². The summed E-state index contributed by atoms with van der Waals surface area (Å²) in [5.74, 6) is -0.351. The smallest absolute Gasteiger partial charge is 0.282 e. The van der Waals surface area contributed by atoms with Gasteiger partial charge in [0.05, 0.1) is 22.0 Å². The topological polar surface area (TPSA) is 79.1 Å². The van der Waals surface area contributed by atoms with E-state index in [4.69, 9.17) is 28.0 Å². The van der Waals surface area contributed by atoms with Gasteiger partial charge in [-0.05, 0) is 24.3 Å². The zero-order chi connectivity index (χ0) is 15.6. The van der Waals surface area contributed by atoms with Crippen molar-refractivity contribution >= 4 is 40.4 Å². The van der Waals surface area contributed by atoms with Crippen LogP contribution in [0, 0.1) is 5.21 Å². The van der Waals surface area contributed by atoms with Gasteiger partial charge in [0.2, 0.25) is 5.78 Å². The summed E-state index contributed by atoms with van der Waals surface area (Å²) in [5.41, 5.74) is -0.647. The minimum absolute atomic E-state index is 0.0565. The molecule has 2 aliphatic heterocycles. The summed E-state index contributed by atoms with van der Waals surface area (Å²) >= 11 is 12.0. The quantitative estimate of drug-likeness (QED) is 0.667. The van der Waals surface area contributed by atoms with E-state index in [1.54, 1.807) is 24.3 Å². The highest BCUT2D eigenvalue weighted by Gasteiger charge is 2.70. The van der Waals surface area contributed by atoms with Crippen LogP contribution < -0.4 is 10.3 Å². The predicted octanol–water partition coefficient (Wildman–Crippen LogP) is 3.49. The van der Waals surface area contributed by atoms with Crippen LogP contribution in [0.2, 0.25) is 10.0 Å². The molecular formula is C14H7Cl2N2O4-. The van der Waals surface area contributed by atoms with Gasteiger partial charge in [-0.2, -0.15) is 0 Å². The predicted molar refractivity (Wildman–Crippen MR) is 80.1 cm³/mol. The van der Waals surface area contributed by atoms with E-state index in [-0.39, 0.29) is 32.3 Å². The Bertz CT molecular complexity index is 826. The van der Waals surface area contributed by atoms with Gasteiger partial charge in [-0.15, -0.1) is 0 Å². The number of anilines is 2. The van der Waals surface area contributed by atoms with Crippen LogP contribution in [-0.4, -0.2) is 11.0 Å². The van der Waals surface area contributed by atoms with E-state index in [0.29, 0.717) is 11.3 Å². The van der Waals surface area contributed by atoms with Gasteiger partial charge in [0.15, 0.2) is 0 Å². The Labute approximate surface area is 134 Å². The van der Waals surface area contributed by atoms with E-state index in [0.717, 1.165) is 0 Å². The lowest BCUT2D eigenvalue weighted by Crippen LogP contribution is -2.25. The number of nitrogens with zero attached hydrogens (tertiary/aromatic N) is 2. The number of para-hydroxylation sites is 1. The summed E-state index contributed by atoms with van der Waals surface area (Å²) in [5, 5.41) is 22.0. The van der Waals surface area contributed by atoms with Crippen LogP contribution in [0.3, 0.4) is 0 Å². The van der Waals surface area contributed by atoms with Crippen LogP contribution >= 0.6 is 23.2 Å². The Hall–Kier alpha value is -1.83. The summed E-state index contributed by atoms with van der Waals surface area (Å²) in [7, 11) is 0. The van der Waals surface area contributed by atoms with E-state index < -0.39 is 5.72 Å².